The summed E-state index contributed by atoms with van der Waals surface area (Å²) in [6.07, 6.45) is 2.80. The zero-order valence-corrected chi connectivity index (χ0v) is 15.9. The van der Waals surface area contributed by atoms with Gasteiger partial charge in [-0.1, -0.05) is 6.92 Å². The van der Waals surface area contributed by atoms with Crippen LogP contribution in [0.15, 0.2) is 18.2 Å². The van der Waals surface area contributed by atoms with Crippen LogP contribution in [0.3, 0.4) is 0 Å². The molecular formula is C19H25F2N4O3+. The summed E-state index contributed by atoms with van der Waals surface area (Å²) in [7, 11) is 0. The van der Waals surface area contributed by atoms with Crippen molar-refractivity contribution >= 4 is 17.8 Å². The Balaban J connectivity index is 1.55. The normalized spacial score (nSPS) is 25.7. The molecule has 2 aliphatic rings. The van der Waals surface area contributed by atoms with Gasteiger partial charge in [0.15, 0.2) is 18.2 Å². The molecule has 0 radical (unpaired) electrons. The van der Waals surface area contributed by atoms with Gasteiger partial charge in [0.25, 0.3) is 11.8 Å². The molecule has 1 spiro atoms. The van der Waals surface area contributed by atoms with Crippen LogP contribution in [0.4, 0.5) is 13.6 Å². The minimum Gasteiger partial charge on any atom is -0.332 e. The highest BCUT2D eigenvalue weighted by molar-refractivity contribution is 6.08. The summed E-state index contributed by atoms with van der Waals surface area (Å²) in [5, 5.41) is 5.10. The van der Waals surface area contributed by atoms with Gasteiger partial charge in [-0.2, -0.15) is 5.01 Å². The molecule has 3 rings (SSSR count). The van der Waals surface area contributed by atoms with Gasteiger partial charge in [-0.05, 0) is 56.7 Å². The molecule has 1 aliphatic carbocycles. The highest BCUT2D eigenvalue weighted by Gasteiger charge is 2.52. The van der Waals surface area contributed by atoms with Crippen LogP contribution in [0.25, 0.3) is 0 Å². The number of nitrogens with zero attached hydrogens (tertiary/aromatic N) is 1. The minimum absolute atomic E-state index is 0.0821. The third kappa shape index (κ3) is 3.99. The van der Waals surface area contributed by atoms with Crippen molar-refractivity contribution in [2.45, 2.75) is 51.1 Å². The maximum atomic E-state index is 13.3. The topological polar surface area (TPSA) is 95.1 Å². The number of hydrogen-bond acceptors (Lipinski definition) is 3. The molecule has 1 heterocycles. The van der Waals surface area contributed by atoms with E-state index in [0.717, 1.165) is 30.0 Å². The number of hydrazine groups is 1. The number of benzene rings is 1. The van der Waals surface area contributed by atoms with Crippen molar-refractivity contribution in [3.63, 3.8) is 0 Å². The molecule has 1 aliphatic heterocycles. The molecule has 152 valence electrons. The molecular weight excluding hydrogens is 370 g/mol. The zero-order valence-electron chi connectivity index (χ0n) is 15.9. The lowest BCUT2D eigenvalue weighted by Gasteiger charge is -2.33. The van der Waals surface area contributed by atoms with E-state index in [1.807, 2.05) is 0 Å². The first-order valence-electron chi connectivity index (χ1n) is 9.46. The number of carbonyl (C=O) groups excluding carboxylic acids is 3. The molecule has 28 heavy (non-hydrogen) atoms. The van der Waals surface area contributed by atoms with Gasteiger partial charge in [-0.3, -0.25) is 15.0 Å². The fraction of sp³-hybridized carbons (Fsp3) is 0.526. The Morgan fingerprint density at radius 3 is 2.64 bits per heavy atom. The first-order valence-corrected chi connectivity index (χ1v) is 9.46. The van der Waals surface area contributed by atoms with Crippen molar-refractivity contribution in [3.05, 3.63) is 35.4 Å². The number of amides is 4. The van der Waals surface area contributed by atoms with Crippen LogP contribution in [0.2, 0.25) is 0 Å². The molecule has 1 aromatic rings. The van der Waals surface area contributed by atoms with Gasteiger partial charge in [-0.15, -0.1) is 0 Å². The zero-order chi connectivity index (χ0) is 20.5. The summed E-state index contributed by atoms with van der Waals surface area (Å²) < 4.78 is 26.4. The van der Waals surface area contributed by atoms with E-state index in [1.54, 1.807) is 12.2 Å². The highest BCUT2D eigenvalue weighted by atomic mass is 19.2. The van der Waals surface area contributed by atoms with Crippen LogP contribution in [0.5, 0.6) is 0 Å². The van der Waals surface area contributed by atoms with Crippen LogP contribution in [-0.4, -0.2) is 34.9 Å². The summed E-state index contributed by atoms with van der Waals surface area (Å²) in [6, 6.07) is 2.63. The van der Waals surface area contributed by atoms with Gasteiger partial charge in [0.2, 0.25) is 0 Å². The Bertz CT molecular complexity index is 793. The molecule has 4 amide bonds. The highest BCUT2D eigenvalue weighted by Crippen LogP contribution is 2.35. The molecule has 0 unspecified atom stereocenters. The molecule has 0 aromatic heterocycles. The van der Waals surface area contributed by atoms with Crippen LogP contribution in [-0.2, 0) is 9.59 Å². The van der Waals surface area contributed by atoms with Crippen molar-refractivity contribution in [2.75, 3.05) is 6.54 Å². The fourth-order valence-corrected chi connectivity index (χ4v) is 3.70. The lowest BCUT2D eigenvalue weighted by Crippen LogP contribution is -2.87. The average Bonchev–Trinajstić information content (AvgIpc) is 2.89. The van der Waals surface area contributed by atoms with Gasteiger partial charge >= 0.3 is 6.03 Å². The standard InChI is InChI=1S/C19H24F2N4O3/c1-11-5-7-19(8-6-11)17(27)25(18(28)23-19)24-16(26)10-22-12(2)13-3-4-14(20)15(21)9-13/h3-4,9,11-12,22H,5-8,10H2,1-2H3,(H,23,28)(H,24,26)/p+1/t11?,12-,19?/m0/s1. The maximum Gasteiger partial charge on any atom is 0.344 e. The van der Waals surface area contributed by atoms with E-state index in [9.17, 15) is 23.2 Å². The van der Waals surface area contributed by atoms with Crippen molar-refractivity contribution < 1.29 is 28.5 Å². The molecule has 4 N–H and O–H groups in total. The van der Waals surface area contributed by atoms with Crippen molar-refractivity contribution in [1.82, 2.24) is 15.8 Å². The molecule has 0 bridgehead atoms. The number of urea groups is 1. The van der Waals surface area contributed by atoms with E-state index in [0.29, 0.717) is 24.3 Å². The quantitative estimate of drug-likeness (QED) is 0.652. The van der Waals surface area contributed by atoms with Crippen LogP contribution in [0.1, 0.15) is 51.1 Å². The SMILES string of the molecule is CC1CCC2(CC1)NC(=O)N(NC(=O)C[NH2+][C@@H](C)c1ccc(F)c(F)c1)C2=O. The second-order valence-electron chi connectivity index (χ2n) is 7.77. The first kappa shape index (κ1) is 20.2. The molecule has 1 saturated heterocycles. The Labute approximate surface area is 161 Å². The van der Waals surface area contributed by atoms with E-state index in [-0.39, 0.29) is 12.6 Å². The average molecular weight is 395 g/mol. The van der Waals surface area contributed by atoms with Gasteiger partial charge in [-0.25, -0.2) is 13.6 Å². The smallest absolute Gasteiger partial charge is 0.332 e. The van der Waals surface area contributed by atoms with Crippen molar-refractivity contribution in [1.29, 1.82) is 0 Å². The Hall–Kier alpha value is -2.55. The van der Waals surface area contributed by atoms with Gasteiger partial charge in [0, 0.05) is 5.56 Å². The molecule has 1 saturated carbocycles. The molecule has 2 fully saturated rings. The Kier molecular flexibility index (Phi) is 5.64. The lowest BCUT2D eigenvalue weighted by atomic mass is 9.77. The predicted molar refractivity (Wildman–Crippen MR) is 95.4 cm³/mol. The number of halogens is 2. The monoisotopic (exact) mass is 395 g/mol. The number of quaternary nitrogens is 1. The maximum absolute atomic E-state index is 13.3. The lowest BCUT2D eigenvalue weighted by molar-refractivity contribution is -0.682. The Morgan fingerprint density at radius 1 is 1.32 bits per heavy atom. The third-order valence-corrected chi connectivity index (χ3v) is 5.65. The molecule has 1 aromatic carbocycles. The van der Waals surface area contributed by atoms with Gasteiger partial charge < -0.3 is 10.6 Å². The summed E-state index contributed by atoms with van der Waals surface area (Å²) in [5.74, 6) is -2.33. The number of nitrogens with one attached hydrogen (secondary N) is 2. The van der Waals surface area contributed by atoms with E-state index in [2.05, 4.69) is 17.7 Å². The number of imide groups is 1. The van der Waals surface area contributed by atoms with Crippen molar-refractivity contribution in [2.24, 2.45) is 5.92 Å². The molecule has 1 atom stereocenters. The third-order valence-electron chi connectivity index (χ3n) is 5.65. The van der Waals surface area contributed by atoms with Crippen LogP contribution < -0.4 is 16.1 Å². The number of carbonyl (C=O) groups is 3. The summed E-state index contributed by atoms with van der Waals surface area (Å²) in [6.45, 7) is 3.77. The first-order chi connectivity index (χ1) is 13.2. The van der Waals surface area contributed by atoms with E-state index in [1.165, 1.54) is 6.07 Å². The van der Waals surface area contributed by atoms with Gasteiger partial charge in [0.05, 0.1) is 0 Å². The second kappa shape index (κ2) is 7.83. The van der Waals surface area contributed by atoms with Crippen LogP contribution in [0, 0.1) is 17.6 Å². The summed E-state index contributed by atoms with van der Waals surface area (Å²) >= 11 is 0. The Morgan fingerprint density at radius 2 is 2.00 bits per heavy atom. The fourth-order valence-electron chi connectivity index (χ4n) is 3.70. The molecule has 7 nitrogen and oxygen atoms in total. The van der Waals surface area contributed by atoms with Crippen LogP contribution >= 0.6 is 0 Å². The molecule has 9 heteroatoms. The number of nitrogens with two attached hydrogens (primary N) is 1. The van der Waals surface area contributed by atoms with E-state index >= 15 is 0 Å². The van der Waals surface area contributed by atoms with E-state index < -0.39 is 35.0 Å². The van der Waals surface area contributed by atoms with Crippen molar-refractivity contribution in [3.8, 4) is 0 Å². The number of rotatable bonds is 5. The number of hydrogen-bond donors (Lipinski definition) is 3. The summed E-state index contributed by atoms with van der Waals surface area (Å²) in [5.41, 5.74) is 1.96. The largest absolute Gasteiger partial charge is 0.344 e. The second-order valence-corrected chi connectivity index (χ2v) is 7.77. The van der Waals surface area contributed by atoms with E-state index in [4.69, 9.17) is 0 Å². The minimum atomic E-state index is -0.950. The predicted octanol–water partition coefficient (Wildman–Crippen LogP) is 1.12. The van der Waals surface area contributed by atoms with Gasteiger partial charge in [0.1, 0.15) is 11.6 Å². The summed E-state index contributed by atoms with van der Waals surface area (Å²) in [4.78, 5) is 37.1.